The summed E-state index contributed by atoms with van der Waals surface area (Å²) in [5, 5.41) is 3.60. The number of rotatable bonds is 3. The van der Waals surface area contributed by atoms with E-state index in [1.54, 1.807) is 0 Å². The second kappa shape index (κ2) is 5.75. The quantitative estimate of drug-likeness (QED) is 0.771. The molecule has 4 rings (SSSR count). The number of aromatic amines is 1. The lowest BCUT2D eigenvalue weighted by Crippen LogP contribution is -2.23. The Morgan fingerprint density at radius 3 is 2.91 bits per heavy atom. The van der Waals surface area contributed by atoms with Crippen molar-refractivity contribution in [1.82, 2.24) is 19.9 Å². The van der Waals surface area contributed by atoms with Gasteiger partial charge in [0.05, 0.1) is 11.9 Å². The fraction of sp³-hybridized carbons (Fsp3) is 0.353. The molecule has 0 bridgehead atoms. The van der Waals surface area contributed by atoms with Gasteiger partial charge in [-0.05, 0) is 31.0 Å². The first-order valence-electron chi connectivity index (χ1n) is 7.92. The molecule has 0 aromatic carbocycles. The van der Waals surface area contributed by atoms with Crippen LogP contribution in [-0.4, -0.2) is 26.0 Å². The number of H-pyrrole nitrogens is 1. The summed E-state index contributed by atoms with van der Waals surface area (Å²) in [6.07, 6.45) is 11.9. The molecule has 0 saturated heterocycles. The Labute approximate surface area is 129 Å². The molecule has 3 aromatic rings. The zero-order valence-electron chi connectivity index (χ0n) is 12.4. The van der Waals surface area contributed by atoms with Gasteiger partial charge in [0.1, 0.15) is 11.3 Å². The highest BCUT2D eigenvalue weighted by atomic mass is 15.0. The number of pyridine rings is 1. The molecule has 0 atom stereocenters. The zero-order valence-corrected chi connectivity index (χ0v) is 12.4. The van der Waals surface area contributed by atoms with E-state index in [9.17, 15) is 0 Å². The average molecular weight is 293 g/mol. The summed E-state index contributed by atoms with van der Waals surface area (Å²) in [6.45, 7) is 0. The van der Waals surface area contributed by atoms with E-state index in [1.165, 1.54) is 32.1 Å². The molecule has 1 aliphatic carbocycles. The topological polar surface area (TPSA) is 66.5 Å². The summed E-state index contributed by atoms with van der Waals surface area (Å²) in [5.74, 6) is 0.915. The molecular formula is C17H19N5. The van der Waals surface area contributed by atoms with Gasteiger partial charge in [-0.1, -0.05) is 19.3 Å². The third-order valence-corrected chi connectivity index (χ3v) is 4.29. The predicted octanol–water partition coefficient (Wildman–Crippen LogP) is 3.76. The molecule has 112 valence electrons. The van der Waals surface area contributed by atoms with Crippen molar-refractivity contribution < 1.29 is 0 Å². The minimum atomic E-state index is 0.520. The normalized spacial score (nSPS) is 16.0. The Morgan fingerprint density at radius 1 is 1.09 bits per heavy atom. The van der Waals surface area contributed by atoms with Crippen LogP contribution in [0.25, 0.3) is 22.4 Å². The highest BCUT2D eigenvalue weighted by molar-refractivity contribution is 5.78. The lowest BCUT2D eigenvalue weighted by molar-refractivity contribution is 0.462. The lowest BCUT2D eigenvalue weighted by atomic mass is 9.95. The van der Waals surface area contributed by atoms with Crippen molar-refractivity contribution in [1.29, 1.82) is 0 Å². The van der Waals surface area contributed by atoms with Gasteiger partial charge >= 0.3 is 0 Å². The molecule has 5 nitrogen and oxygen atoms in total. The standard InChI is InChI=1S/C17H19N5/c1-2-5-12(6-3-1)21-16-13(7-4-9-18-16)15-11-20-17-14(22-15)8-10-19-17/h4,7-12H,1-3,5-6H2,(H,18,21)(H,19,20). The van der Waals surface area contributed by atoms with E-state index < -0.39 is 0 Å². The number of hydrogen-bond acceptors (Lipinski definition) is 4. The van der Waals surface area contributed by atoms with Crippen LogP contribution < -0.4 is 5.32 Å². The summed E-state index contributed by atoms with van der Waals surface area (Å²) >= 11 is 0. The molecule has 5 heteroatoms. The number of aromatic nitrogens is 4. The van der Waals surface area contributed by atoms with E-state index in [4.69, 9.17) is 0 Å². The van der Waals surface area contributed by atoms with Crippen LogP contribution in [0.15, 0.2) is 36.8 Å². The van der Waals surface area contributed by atoms with Gasteiger partial charge in [0.2, 0.25) is 0 Å². The molecule has 0 unspecified atom stereocenters. The van der Waals surface area contributed by atoms with Gasteiger partial charge in [0.25, 0.3) is 0 Å². The first-order chi connectivity index (χ1) is 10.9. The molecule has 1 saturated carbocycles. The van der Waals surface area contributed by atoms with Gasteiger partial charge < -0.3 is 10.3 Å². The SMILES string of the molecule is c1cnc(NC2CCCCC2)c(-c2cnc3[nH]ccc3n2)c1. The summed E-state index contributed by atoms with van der Waals surface area (Å²) in [6, 6.07) is 6.47. The van der Waals surface area contributed by atoms with Crippen LogP contribution in [0.1, 0.15) is 32.1 Å². The van der Waals surface area contributed by atoms with Crippen LogP contribution in [0.5, 0.6) is 0 Å². The van der Waals surface area contributed by atoms with Gasteiger partial charge in [-0.15, -0.1) is 0 Å². The van der Waals surface area contributed by atoms with E-state index in [0.29, 0.717) is 6.04 Å². The predicted molar refractivity (Wildman–Crippen MR) is 87.6 cm³/mol. The highest BCUT2D eigenvalue weighted by Crippen LogP contribution is 2.28. The van der Waals surface area contributed by atoms with Crippen LogP contribution in [0.3, 0.4) is 0 Å². The molecule has 3 heterocycles. The molecule has 0 amide bonds. The Kier molecular flexibility index (Phi) is 3.46. The third-order valence-electron chi connectivity index (χ3n) is 4.29. The molecule has 0 radical (unpaired) electrons. The van der Waals surface area contributed by atoms with Crippen molar-refractivity contribution in [3.63, 3.8) is 0 Å². The largest absolute Gasteiger partial charge is 0.367 e. The maximum Gasteiger partial charge on any atom is 0.156 e. The smallest absolute Gasteiger partial charge is 0.156 e. The maximum atomic E-state index is 4.69. The third kappa shape index (κ3) is 2.54. The first kappa shape index (κ1) is 13.2. The van der Waals surface area contributed by atoms with Gasteiger partial charge in [-0.25, -0.2) is 15.0 Å². The van der Waals surface area contributed by atoms with Crippen molar-refractivity contribution in [2.24, 2.45) is 0 Å². The minimum Gasteiger partial charge on any atom is -0.367 e. The van der Waals surface area contributed by atoms with Gasteiger partial charge in [0, 0.05) is 24.0 Å². The Hall–Kier alpha value is -2.43. The highest BCUT2D eigenvalue weighted by Gasteiger charge is 2.16. The molecule has 3 aromatic heterocycles. The number of nitrogens with one attached hydrogen (secondary N) is 2. The van der Waals surface area contributed by atoms with Crippen molar-refractivity contribution in [3.8, 4) is 11.3 Å². The van der Waals surface area contributed by atoms with E-state index in [0.717, 1.165) is 28.2 Å². The van der Waals surface area contributed by atoms with Crippen LogP contribution in [-0.2, 0) is 0 Å². The van der Waals surface area contributed by atoms with Gasteiger partial charge in [-0.2, -0.15) is 0 Å². The molecule has 1 fully saturated rings. The summed E-state index contributed by atoms with van der Waals surface area (Å²) in [5.41, 5.74) is 3.57. The number of nitrogens with zero attached hydrogens (tertiary/aromatic N) is 3. The Morgan fingerprint density at radius 2 is 2.00 bits per heavy atom. The summed E-state index contributed by atoms with van der Waals surface area (Å²) < 4.78 is 0. The van der Waals surface area contributed by atoms with Crippen LogP contribution in [0.4, 0.5) is 5.82 Å². The van der Waals surface area contributed by atoms with Gasteiger partial charge in [0.15, 0.2) is 5.65 Å². The number of anilines is 1. The molecule has 0 spiro atoms. The van der Waals surface area contributed by atoms with Crippen LogP contribution in [0, 0.1) is 0 Å². The van der Waals surface area contributed by atoms with Crippen molar-refractivity contribution >= 4 is 17.0 Å². The Balaban J connectivity index is 1.68. The summed E-state index contributed by atoms with van der Waals surface area (Å²) in [7, 11) is 0. The molecule has 22 heavy (non-hydrogen) atoms. The zero-order chi connectivity index (χ0) is 14.8. The average Bonchev–Trinajstić information content (AvgIpc) is 3.04. The summed E-state index contributed by atoms with van der Waals surface area (Å²) in [4.78, 5) is 16.7. The van der Waals surface area contributed by atoms with Crippen molar-refractivity contribution in [2.75, 3.05) is 5.32 Å². The molecule has 1 aliphatic rings. The molecule has 2 N–H and O–H groups in total. The van der Waals surface area contributed by atoms with E-state index >= 15 is 0 Å². The second-order valence-corrected chi connectivity index (χ2v) is 5.85. The van der Waals surface area contributed by atoms with E-state index in [1.807, 2.05) is 30.7 Å². The van der Waals surface area contributed by atoms with E-state index in [-0.39, 0.29) is 0 Å². The van der Waals surface area contributed by atoms with Crippen molar-refractivity contribution in [2.45, 2.75) is 38.1 Å². The maximum absolute atomic E-state index is 4.69. The fourth-order valence-electron chi connectivity index (χ4n) is 3.13. The van der Waals surface area contributed by atoms with Crippen LogP contribution >= 0.6 is 0 Å². The number of hydrogen-bond donors (Lipinski definition) is 2. The second-order valence-electron chi connectivity index (χ2n) is 5.85. The van der Waals surface area contributed by atoms with Crippen molar-refractivity contribution in [3.05, 3.63) is 36.8 Å². The van der Waals surface area contributed by atoms with E-state index in [2.05, 4.69) is 31.3 Å². The molecule has 0 aliphatic heterocycles. The monoisotopic (exact) mass is 293 g/mol. The molecular weight excluding hydrogens is 274 g/mol. The number of fused-ring (bicyclic) bond motifs is 1. The van der Waals surface area contributed by atoms with Crippen LogP contribution in [0.2, 0.25) is 0 Å². The minimum absolute atomic E-state index is 0.520. The first-order valence-corrected chi connectivity index (χ1v) is 7.92. The Bertz CT molecular complexity index is 773. The lowest BCUT2D eigenvalue weighted by Gasteiger charge is -2.24. The van der Waals surface area contributed by atoms with Gasteiger partial charge in [-0.3, -0.25) is 0 Å². The fourth-order valence-corrected chi connectivity index (χ4v) is 3.13.